The molecular formula is C24H20N2O2S. The first-order valence-corrected chi connectivity index (χ1v) is 10.7. The molecule has 4 nitrogen and oxygen atoms in total. The van der Waals surface area contributed by atoms with E-state index in [0.717, 1.165) is 46.2 Å². The molecule has 0 aliphatic heterocycles. The average Bonchev–Trinajstić information content (AvgIpc) is 3.12. The highest BCUT2D eigenvalue weighted by Gasteiger charge is 2.30. The van der Waals surface area contributed by atoms with E-state index in [1.165, 1.54) is 16.9 Å². The van der Waals surface area contributed by atoms with E-state index in [4.69, 9.17) is 4.98 Å². The van der Waals surface area contributed by atoms with Crippen LogP contribution in [0.1, 0.15) is 34.5 Å². The maximum Gasteiger partial charge on any atom is 0.299 e. The van der Waals surface area contributed by atoms with Crippen LogP contribution in [-0.4, -0.2) is 9.91 Å². The van der Waals surface area contributed by atoms with Crippen molar-refractivity contribution in [3.05, 3.63) is 92.5 Å². The quantitative estimate of drug-likeness (QED) is 0.297. The van der Waals surface area contributed by atoms with Gasteiger partial charge in [0.1, 0.15) is 10.5 Å². The molecule has 0 bridgehead atoms. The van der Waals surface area contributed by atoms with Crippen LogP contribution in [0.25, 0.3) is 21.3 Å². The van der Waals surface area contributed by atoms with Crippen molar-refractivity contribution in [1.29, 1.82) is 0 Å². The summed E-state index contributed by atoms with van der Waals surface area (Å²) in [7, 11) is 0. The minimum Gasteiger partial charge on any atom is -0.258 e. The molecule has 0 amide bonds. The van der Waals surface area contributed by atoms with Gasteiger partial charge in [-0.3, -0.25) is 10.1 Å². The summed E-state index contributed by atoms with van der Waals surface area (Å²) in [5, 5.41) is 13.3. The SMILES string of the molecule is O=[N+]([O-])c1c(Cc2ccccc2)nc2sc3c(c2c1-c1ccccc1)CCCC3. The number of pyridine rings is 1. The number of fused-ring (bicyclic) bond motifs is 3. The topological polar surface area (TPSA) is 56.0 Å². The Hall–Kier alpha value is -3.05. The van der Waals surface area contributed by atoms with Crippen molar-refractivity contribution in [1.82, 2.24) is 4.98 Å². The molecule has 5 heteroatoms. The maximum absolute atomic E-state index is 12.3. The summed E-state index contributed by atoms with van der Waals surface area (Å²) >= 11 is 1.72. The summed E-state index contributed by atoms with van der Waals surface area (Å²) < 4.78 is 0. The van der Waals surface area contributed by atoms with Gasteiger partial charge in [-0.1, -0.05) is 60.7 Å². The van der Waals surface area contributed by atoms with E-state index in [2.05, 4.69) is 0 Å². The summed E-state index contributed by atoms with van der Waals surface area (Å²) in [5.41, 5.74) is 4.64. The zero-order valence-corrected chi connectivity index (χ0v) is 16.7. The van der Waals surface area contributed by atoms with Crippen LogP contribution >= 0.6 is 11.3 Å². The van der Waals surface area contributed by atoms with Gasteiger partial charge in [-0.2, -0.15) is 0 Å². The molecule has 0 atom stereocenters. The predicted molar refractivity (Wildman–Crippen MR) is 118 cm³/mol. The largest absolute Gasteiger partial charge is 0.299 e. The second-order valence-corrected chi connectivity index (χ2v) is 8.54. The van der Waals surface area contributed by atoms with Crippen LogP contribution in [0.5, 0.6) is 0 Å². The number of hydrogen-bond donors (Lipinski definition) is 0. The highest BCUT2D eigenvalue weighted by Crippen LogP contribution is 2.46. The summed E-state index contributed by atoms with van der Waals surface area (Å²) in [6, 6.07) is 19.7. The molecular weight excluding hydrogens is 380 g/mol. The number of nitrogens with zero attached hydrogens (tertiary/aromatic N) is 2. The van der Waals surface area contributed by atoms with Gasteiger partial charge < -0.3 is 0 Å². The lowest BCUT2D eigenvalue weighted by Crippen LogP contribution is -2.04. The van der Waals surface area contributed by atoms with E-state index >= 15 is 0 Å². The Morgan fingerprint density at radius 3 is 2.38 bits per heavy atom. The van der Waals surface area contributed by atoms with E-state index in [1.807, 2.05) is 60.7 Å². The Balaban J connectivity index is 1.84. The van der Waals surface area contributed by atoms with Crippen LogP contribution in [0.4, 0.5) is 5.69 Å². The number of hydrogen-bond acceptors (Lipinski definition) is 4. The molecule has 1 aliphatic carbocycles. The van der Waals surface area contributed by atoms with Gasteiger partial charge in [0.05, 0.1) is 10.5 Å². The molecule has 0 radical (unpaired) electrons. The molecule has 1 aliphatic rings. The molecule has 4 aromatic rings. The molecule has 2 aromatic heterocycles. The molecule has 0 saturated carbocycles. The smallest absolute Gasteiger partial charge is 0.258 e. The highest BCUT2D eigenvalue weighted by atomic mass is 32.1. The molecule has 144 valence electrons. The summed E-state index contributed by atoms with van der Waals surface area (Å²) in [5.74, 6) is 0. The first kappa shape index (κ1) is 18.0. The van der Waals surface area contributed by atoms with Gasteiger partial charge in [-0.05, 0) is 42.4 Å². The summed E-state index contributed by atoms with van der Waals surface area (Å²) in [4.78, 5) is 19.2. The minimum atomic E-state index is -0.236. The molecule has 0 saturated heterocycles. The number of nitro groups is 1. The van der Waals surface area contributed by atoms with Gasteiger partial charge in [-0.25, -0.2) is 4.98 Å². The van der Waals surface area contributed by atoms with E-state index in [-0.39, 0.29) is 10.6 Å². The molecule has 29 heavy (non-hydrogen) atoms. The number of benzene rings is 2. The first-order valence-electron chi connectivity index (χ1n) is 9.93. The third-order valence-electron chi connectivity index (χ3n) is 5.61. The van der Waals surface area contributed by atoms with Crippen LogP contribution in [-0.2, 0) is 19.3 Å². The van der Waals surface area contributed by atoms with Crippen molar-refractivity contribution >= 4 is 27.2 Å². The van der Waals surface area contributed by atoms with Crippen LogP contribution < -0.4 is 0 Å². The van der Waals surface area contributed by atoms with Gasteiger partial charge in [-0.15, -0.1) is 11.3 Å². The standard InChI is InChI=1S/C24H20N2O2S/c27-26(28)23-19(15-16-9-3-1-4-10-16)25-24-22(18-13-7-8-14-20(18)29-24)21(23)17-11-5-2-6-12-17/h1-6,9-12H,7-8,13-15H2. The van der Waals surface area contributed by atoms with Crippen LogP contribution in [0.15, 0.2) is 60.7 Å². The first-order chi connectivity index (χ1) is 14.2. The van der Waals surface area contributed by atoms with Crippen molar-refractivity contribution in [3.8, 4) is 11.1 Å². The van der Waals surface area contributed by atoms with Gasteiger partial charge in [0.2, 0.25) is 0 Å². The maximum atomic E-state index is 12.3. The highest BCUT2D eigenvalue weighted by molar-refractivity contribution is 7.19. The fourth-order valence-corrected chi connectivity index (χ4v) is 5.61. The van der Waals surface area contributed by atoms with Crippen molar-refractivity contribution in [2.45, 2.75) is 32.1 Å². The van der Waals surface area contributed by atoms with Gasteiger partial charge in [0.15, 0.2) is 0 Å². The number of aromatic nitrogens is 1. The second-order valence-electron chi connectivity index (χ2n) is 7.46. The lowest BCUT2D eigenvalue weighted by atomic mass is 9.91. The molecule has 0 unspecified atom stereocenters. The van der Waals surface area contributed by atoms with Crippen molar-refractivity contribution in [2.75, 3.05) is 0 Å². The zero-order valence-electron chi connectivity index (χ0n) is 15.9. The van der Waals surface area contributed by atoms with Crippen LogP contribution in [0.3, 0.4) is 0 Å². The van der Waals surface area contributed by atoms with E-state index in [1.54, 1.807) is 11.3 Å². The van der Waals surface area contributed by atoms with Crippen molar-refractivity contribution < 1.29 is 4.92 Å². The number of aryl methyl sites for hydroxylation is 2. The predicted octanol–water partition coefficient (Wildman–Crippen LogP) is 6.34. The molecule has 0 N–H and O–H groups in total. The summed E-state index contributed by atoms with van der Waals surface area (Å²) in [6.45, 7) is 0. The third kappa shape index (κ3) is 3.21. The second kappa shape index (κ2) is 7.41. The van der Waals surface area contributed by atoms with Crippen molar-refractivity contribution in [2.24, 2.45) is 0 Å². The Kier molecular flexibility index (Phi) is 4.60. The van der Waals surface area contributed by atoms with Gasteiger partial charge in [0, 0.05) is 16.7 Å². The van der Waals surface area contributed by atoms with Crippen LogP contribution in [0.2, 0.25) is 0 Å². The average molecular weight is 401 g/mol. The van der Waals surface area contributed by atoms with Crippen LogP contribution in [0, 0.1) is 10.1 Å². The molecule has 5 rings (SSSR count). The normalized spacial score (nSPS) is 13.4. The lowest BCUT2D eigenvalue weighted by molar-refractivity contribution is -0.385. The van der Waals surface area contributed by atoms with Gasteiger partial charge >= 0.3 is 0 Å². The Morgan fingerprint density at radius 2 is 1.66 bits per heavy atom. The zero-order chi connectivity index (χ0) is 19.8. The molecule has 2 aromatic carbocycles. The number of rotatable bonds is 4. The lowest BCUT2D eigenvalue weighted by Gasteiger charge is -2.14. The minimum absolute atomic E-state index is 0.152. The fraction of sp³-hybridized carbons (Fsp3) is 0.208. The Morgan fingerprint density at radius 1 is 0.966 bits per heavy atom. The Bertz CT molecular complexity index is 1200. The van der Waals surface area contributed by atoms with E-state index < -0.39 is 0 Å². The molecule has 2 heterocycles. The fourth-order valence-electron chi connectivity index (χ4n) is 4.32. The van der Waals surface area contributed by atoms with E-state index in [0.29, 0.717) is 12.1 Å². The third-order valence-corrected chi connectivity index (χ3v) is 6.79. The monoisotopic (exact) mass is 400 g/mol. The molecule has 0 spiro atoms. The van der Waals surface area contributed by atoms with Gasteiger partial charge in [0.25, 0.3) is 5.69 Å². The number of thiophene rings is 1. The van der Waals surface area contributed by atoms with Crippen molar-refractivity contribution in [3.63, 3.8) is 0 Å². The molecule has 0 fully saturated rings. The Labute approximate surface area is 173 Å². The van der Waals surface area contributed by atoms with E-state index in [9.17, 15) is 10.1 Å². The summed E-state index contributed by atoms with van der Waals surface area (Å²) in [6.07, 6.45) is 4.79.